The van der Waals surface area contributed by atoms with Crippen LogP contribution in [0.3, 0.4) is 0 Å². The fourth-order valence-electron chi connectivity index (χ4n) is 1.58. The third-order valence-corrected chi connectivity index (χ3v) is 2.38. The summed E-state index contributed by atoms with van der Waals surface area (Å²) in [5.74, 6) is 0.281. The normalized spacial score (nSPS) is 17.6. The first-order valence-corrected chi connectivity index (χ1v) is 4.76. The number of carbonyl (C=O) groups is 1. The minimum atomic E-state index is 0.281. The van der Waals surface area contributed by atoms with Crippen LogP contribution >= 0.6 is 0 Å². The summed E-state index contributed by atoms with van der Waals surface area (Å²) in [6, 6.07) is 0. The molecule has 0 amide bonds. The molecule has 0 fully saturated rings. The predicted octanol–water partition coefficient (Wildman–Crippen LogP) is 2.14. The van der Waals surface area contributed by atoms with E-state index in [1.165, 1.54) is 12.8 Å². The van der Waals surface area contributed by atoms with E-state index >= 15 is 0 Å². The van der Waals surface area contributed by atoms with Crippen LogP contribution in [0.1, 0.15) is 45.4 Å². The van der Waals surface area contributed by atoms with Gasteiger partial charge in [-0.25, -0.2) is 0 Å². The average molecular weight is 167 g/mol. The van der Waals surface area contributed by atoms with E-state index in [2.05, 4.69) is 6.92 Å². The summed E-state index contributed by atoms with van der Waals surface area (Å²) < 4.78 is 0. The topological polar surface area (TPSA) is 43.1 Å². The Morgan fingerprint density at radius 2 is 2.08 bits per heavy atom. The quantitative estimate of drug-likeness (QED) is 0.652. The van der Waals surface area contributed by atoms with E-state index in [-0.39, 0.29) is 5.78 Å². The van der Waals surface area contributed by atoms with Gasteiger partial charge >= 0.3 is 0 Å². The van der Waals surface area contributed by atoms with Crippen molar-refractivity contribution in [2.45, 2.75) is 45.4 Å². The molecule has 1 aliphatic carbocycles. The summed E-state index contributed by atoms with van der Waals surface area (Å²) in [5, 5.41) is 0. The molecule has 0 radical (unpaired) electrons. The molecule has 2 heteroatoms. The number of carbonyl (C=O) groups excluding carboxylic acids is 1. The van der Waals surface area contributed by atoms with E-state index in [1.807, 2.05) is 0 Å². The van der Waals surface area contributed by atoms with Gasteiger partial charge < -0.3 is 5.73 Å². The molecule has 0 heterocycles. The van der Waals surface area contributed by atoms with Crippen molar-refractivity contribution in [2.24, 2.45) is 5.73 Å². The van der Waals surface area contributed by atoms with Crippen LogP contribution in [0, 0.1) is 0 Å². The zero-order valence-corrected chi connectivity index (χ0v) is 7.73. The first-order valence-electron chi connectivity index (χ1n) is 4.76. The van der Waals surface area contributed by atoms with Crippen molar-refractivity contribution in [3.05, 3.63) is 11.3 Å². The van der Waals surface area contributed by atoms with Crippen LogP contribution in [0.5, 0.6) is 0 Å². The van der Waals surface area contributed by atoms with E-state index in [0.29, 0.717) is 6.42 Å². The van der Waals surface area contributed by atoms with Crippen molar-refractivity contribution in [1.29, 1.82) is 0 Å². The molecule has 0 unspecified atom stereocenters. The van der Waals surface area contributed by atoms with Gasteiger partial charge in [0.05, 0.1) is 0 Å². The Morgan fingerprint density at radius 3 is 2.58 bits per heavy atom. The molecular weight excluding hydrogens is 150 g/mol. The van der Waals surface area contributed by atoms with Crippen molar-refractivity contribution in [3.8, 4) is 0 Å². The number of unbranched alkanes of at least 4 members (excludes halogenated alkanes) is 2. The molecule has 2 nitrogen and oxygen atoms in total. The molecule has 0 saturated heterocycles. The van der Waals surface area contributed by atoms with Gasteiger partial charge in [-0.2, -0.15) is 0 Å². The van der Waals surface area contributed by atoms with E-state index in [4.69, 9.17) is 5.73 Å². The molecule has 12 heavy (non-hydrogen) atoms. The Kier molecular flexibility index (Phi) is 3.32. The smallest absolute Gasteiger partial charge is 0.160 e. The SMILES string of the molecule is CCCCCC1=C(N)CCC1=O. The van der Waals surface area contributed by atoms with Crippen LogP contribution in [0.25, 0.3) is 0 Å². The molecule has 0 atom stereocenters. The van der Waals surface area contributed by atoms with Gasteiger partial charge in [0.25, 0.3) is 0 Å². The zero-order chi connectivity index (χ0) is 8.97. The summed E-state index contributed by atoms with van der Waals surface area (Å²) in [6.45, 7) is 2.16. The molecule has 1 rings (SSSR count). The molecule has 0 aromatic heterocycles. The van der Waals surface area contributed by atoms with Crippen LogP contribution in [0.2, 0.25) is 0 Å². The summed E-state index contributed by atoms with van der Waals surface area (Å²) in [7, 11) is 0. The third kappa shape index (κ3) is 2.10. The fourth-order valence-corrected chi connectivity index (χ4v) is 1.58. The monoisotopic (exact) mass is 167 g/mol. The Morgan fingerprint density at radius 1 is 1.33 bits per heavy atom. The number of hydrogen-bond acceptors (Lipinski definition) is 2. The molecule has 68 valence electrons. The maximum Gasteiger partial charge on any atom is 0.160 e. The van der Waals surface area contributed by atoms with Gasteiger partial charge in [0.1, 0.15) is 0 Å². The van der Waals surface area contributed by atoms with Crippen molar-refractivity contribution >= 4 is 5.78 Å². The Labute approximate surface area is 73.8 Å². The van der Waals surface area contributed by atoms with Gasteiger partial charge in [-0.1, -0.05) is 19.8 Å². The Hall–Kier alpha value is -0.790. The second-order valence-corrected chi connectivity index (χ2v) is 3.38. The summed E-state index contributed by atoms with van der Waals surface area (Å²) in [6.07, 6.45) is 5.84. The zero-order valence-electron chi connectivity index (χ0n) is 7.73. The van der Waals surface area contributed by atoms with Crippen LogP contribution in [-0.2, 0) is 4.79 Å². The van der Waals surface area contributed by atoms with Gasteiger partial charge in [-0.15, -0.1) is 0 Å². The molecule has 1 aliphatic rings. The molecule has 0 aromatic carbocycles. The standard InChI is InChI=1S/C10H17NO/c1-2-3-4-5-8-9(11)6-7-10(8)12/h2-7,11H2,1H3. The first kappa shape index (κ1) is 9.30. The van der Waals surface area contributed by atoms with Gasteiger partial charge in [0.2, 0.25) is 0 Å². The van der Waals surface area contributed by atoms with E-state index in [1.54, 1.807) is 0 Å². The molecule has 0 spiro atoms. The van der Waals surface area contributed by atoms with Crippen LogP contribution < -0.4 is 5.73 Å². The number of Topliss-reactive ketones (excluding diaryl/α,β-unsaturated/α-hetero) is 1. The van der Waals surface area contributed by atoms with Crippen LogP contribution in [0.15, 0.2) is 11.3 Å². The van der Waals surface area contributed by atoms with Gasteiger partial charge in [0.15, 0.2) is 5.78 Å². The molecule has 2 N–H and O–H groups in total. The number of nitrogens with two attached hydrogens (primary N) is 1. The summed E-state index contributed by atoms with van der Waals surface area (Å²) in [4.78, 5) is 11.2. The Balaban J connectivity index is 2.39. The molecule has 0 aromatic rings. The molecule has 0 bridgehead atoms. The van der Waals surface area contributed by atoms with E-state index in [0.717, 1.165) is 30.5 Å². The average Bonchev–Trinajstić information content (AvgIpc) is 2.35. The number of ketones is 1. The highest BCUT2D eigenvalue weighted by atomic mass is 16.1. The number of allylic oxidation sites excluding steroid dienone is 2. The minimum absolute atomic E-state index is 0.281. The number of rotatable bonds is 4. The maximum absolute atomic E-state index is 11.2. The molecular formula is C10H17NO. The maximum atomic E-state index is 11.2. The van der Waals surface area contributed by atoms with E-state index < -0.39 is 0 Å². The minimum Gasteiger partial charge on any atom is -0.402 e. The lowest BCUT2D eigenvalue weighted by atomic mass is 10.1. The van der Waals surface area contributed by atoms with Crippen molar-refractivity contribution < 1.29 is 4.79 Å². The second-order valence-electron chi connectivity index (χ2n) is 3.38. The lowest BCUT2D eigenvalue weighted by Crippen LogP contribution is -2.00. The molecule has 0 saturated carbocycles. The van der Waals surface area contributed by atoms with Gasteiger partial charge in [0, 0.05) is 17.7 Å². The second kappa shape index (κ2) is 4.29. The highest BCUT2D eigenvalue weighted by molar-refractivity contribution is 5.98. The van der Waals surface area contributed by atoms with Crippen molar-refractivity contribution in [3.63, 3.8) is 0 Å². The van der Waals surface area contributed by atoms with Gasteiger partial charge in [-0.3, -0.25) is 4.79 Å². The largest absolute Gasteiger partial charge is 0.402 e. The van der Waals surface area contributed by atoms with E-state index in [9.17, 15) is 4.79 Å². The highest BCUT2D eigenvalue weighted by Gasteiger charge is 2.19. The number of hydrogen-bond donors (Lipinski definition) is 1. The van der Waals surface area contributed by atoms with Crippen LogP contribution in [0.4, 0.5) is 0 Å². The lowest BCUT2D eigenvalue weighted by molar-refractivity contribution is -0.115. The predicted molar refractivity (Wildman–Crippen MR) is 49.6 cm³/mol. The van der Waals surface area contributed by atoms with Crippen molar-refractivity contribution in [1.82, 2.24) is 0 Å². The summed E-state index contributed by atoms with van der Waals surface area (Å²) >= 11 is 0. The lowest BCUT2D eigenvalue weighted by Gasteiger charge is -2.00. The molecule has 0 aliphatic heterocycles. The van der Waals surface area contributed by atoms with Crippen LogP contribution in [-0.4, -0.2) is 5.78 Å². The fraction of sp³-hybridized carbons (Fsp3) is 0.700. The highest BCUT2D eigenvalue weighted by Crippen LogP contribution is 2.23. The Bertz CT molecular complexity index is 206. The van der Waals surface area contributed by atoms with Gasteiger partial charge in [-0.05, 0) is 19.3 Å². The third-order valence-electron chi connectivity index (χ3n) is 2.38. The first-order chi connectivity index (χ1) is 5.75. The van der Waals surface area contributed by atoms with Crippen molar-refractivity contribution in [2.75, 3.05) is 0 Å². The summed E-state index contributed by atoms with van der Waals surface area (Å²) in [5.41, 5.74) is 7.47.